The van der Waals surface area contributed by atoms with Gasteiger partial charge < -0.3 is 0 Å². The van der Waals surface area contributed by atoms with Gasteiger partial charge in [-0.2, -0.15) is 0 Å². The van der Waals surface area contributed by atoms with E-state index in [4.69, 9.17) is 0 Å². The maximum atomic E-state index is 2.62. The molecule has 0 atom stereocenters. The Morgan fingerprint density at radius 3 is 1.29 bits per heavy atom. The topological polar surface area (TPSA) is 0 Å². The van der Waals surface area contributed by atoms with E-state index >= 15 is 0 Å². The van der Waals surface area contributed by atoms with Crippen LogP contribution >= 0.6 is 0 Å². The van der Waals surface area contributed by atoms with Crippen molar-refractivity contribution in [1.82, 2.24) is 0 Å². The molecule has 0 amide bonds. The molecular formula is CH3CrMoNbNiTiV. The zero-order chi connectivity index (χ0) is 4.00. The van der Waals surface area contributed by atoms with Gasteiger partial charge in [-0.25, -0.2) is 0 Å². The second-order valence-electron chi connectivity index (χ2n) is 0. The Bertz CT molecular complexity index is 19.7. The van der Waals surface area contributed by atoms with Crippen LogP contribution in [0.4, 0.5) is 0 Å². The van der Waals surface area contributed by atoms with Gasteiger partial charge in [-0.15, -0.1) is 0 Å². The van der Waals surface area contributed by atoms with Gasteiger partial charge >= 0.3 is 56.1 Å². The first-order chi connectivity index (χ1) is 2.00. The number of rotatable bonds is 0. The maximum absolute atomic E-state index is 2.62. The smallest absolute Gasteiger partial charge is 0 e. The molecule has 0 aromatic carbocycles. The average molecular weight is 413 g/mol. The molecule has 0 nitrogen and oxygen atoms in total. The Labute approximate surface area is 111 Å². The average Bonchev–Trinajstić information content (AvgIpc) is 1.50. The van der Waals surface area contributed by atoms with Crippen LogP contribution in [0.15, 0.2) is 0 Å². The van der Waals surface area contributed by atoms with E-state index in [1.165, 1.54) is 0 Å². The molecule has 0 spiro atoms. The quantitative estimate of drug-likeness (QED) is 0.510. The van der Waals surface area contributed by atoms with Crippen LogP contribution in [-0.2, 0) is 108 Å². The van der Waals surface area contributed by atoms with Gasteiger partial charge in [0.05, 0.1) is 0 Å². The van der Waals surface area contributed by atoms with Crippen LogP contribution in [0, 0.1) is 0 Å². The Kier molecular flexibility index (Phi) is 234. The van der Waals surface area contributed by atoms with Crippen molar-refractivity contribution < 1.29 is 108 Å². The van der Waals surface area contributed by atoms with Crippen molar-refractivity contribution in [2.45, 2.75) is 5.79 Å². The van der Waals surface area contributed by atoms with Gasteiger partial charge in [-0.3, -0.25) is 0 Å². The second-order valence-corrected chi connectivity index (χ2v) is 0. The van der Waals surface area contributed by atoms with Crippen molar-refractivity contribution in [2.75, 3.05) is 0 Å². The molecule has 2 radical (unpaired) electrons. The largest absolute Gasteiger partial charge is 0 e. The summed E-state index contributed by atoms with van der Waals surface area (Å²) in [5.74, 6) is 1.88. The van der Waals surface area contributed by atoms with Crippen molar-refractivity contribution in [2.24, 2.45) is 0 Å². The van der Waals surface area contributed by atoms with Gasteiger partial charge in [0.25, 0.3) is 0 Å². The zero-order valence-corrected chi connectivity index (χ0v) is 13.0. The molecule has 0 aliphatic carbocycles. The van der Waals surface area contributed by atoms with Crippen molar-refractivity contribution >= 4 is 0 Å². The molecule has 0 aromatic rings. The van der Waals surface area contributed by atoms with E-state index < -0.39 is 0 Å². The third-order valence-corrected chi connectivity index (χ3v) is 0. The fourth-order valence-electron chi connectivity index (χ4n) is 0. The molecule has 0 aliphatic heterocycles. The van der Waals surface area contributed by atoms with Gasteiger partial charge in [0.15, 0.2) is 0 Å². The molecule has 0 aliphatic rings. The number of hydrogen-bond donors (Lipinski definition) is 0. The van der Waals surface area contributed by atoms with Crippen LogP contribution in [-0.4, -0.2) is 0 Å². The minimum Gasteiger partial charge on any atom is 0 e. The molecule has 0 heterocycles. The van der Waals surface area contributed by atoms with E-state index in [2.05, 4.69) is 16.3 Å². The molecule has 0 aromatic heterocycles. The van der Waals surface area contributed by atoms with E-state index in [1.807, 2.05) is 39.8 Å². The van der Waals surface area contributed by atoms with E-state index in [0.29, 0.717) is 0 Å². The van der Waals surface area contributed by atoms with Gasteiger partial charge in [0.2, 0.25) is 0 Å². The molecule has 7 heavy (non-hydrogen) atoms. The van der Waals surface area contributed by atoms with Gasteiger partial charge in [-0.1, -0.05) is 0 Å². The molecule has 0 saturated heterocycles. The SMILES string of the molecule is [CH3][Cr].[Nb].[Ni].[Ti][Mo].[V]. The summed E-state index contributed by atoms with van der Waals surface area (Å²) in [7, 11) is 0. The fourth-order valence-corrected chi connectivity index (χ4v) is 0. The van der Waals surface area contributed by atoms with Crippen molar-refractivity contribution in [3.8, 4) is 0 Å². The Morgan fingerprint density at radius 1 is 1.29 bits per heavy atom. The third-order valence-electron chi connectivity index (χ3n) is 0. The van der Waals surface area contributed by atoms with E-state index in [-0.39, 0.29) is 57.4 Å². The minimum absolute atomic E-state index is 0. The van der Waals surface area contributed by atoms with Crippen LogP contribution in [0.25, 0.3) is 0 Å². The van der Waals surface area contributed by atoms with E-state index in [1.54, 1.807) is 0 Å². The van der Waals surface area contributed by atoms with Gasteiger partial charge in [0.1, 0.15) is 0 Å². The second kappa shape index (κ2) is 53.0. The number of hydrogen-bond acceptors (Lipinski definition) is 0. The minimum atomic E-state index is 0. The zero-order valence-electron chi connectivity index (χ0n) is 3.53. The summed E-state index contributed by atoms with van der Waals surface area (Å²) in [6, 6.07) is 0. The summed E-state index contributed by atoms with van der Waals surface area (Å²) in [4.78, 5) is 0. The summed E-state index contributed by atoms with van der Waals surface area (Å²) < 4.78 is 0. The summed E-state index contributed by atoms with van der Waals surface area (Å²) in [6.07, 6.45) is 0. The Hall–Kier alpha value is 3.75. The van der Waals surface area contributed by atoms with Crippen LogP contribution in [0.1, 0.15) is 0 Å². The van der Waals surface area contributed by atoms with Crippen LogP contribution < -0.4 is 0 Å². The fraction of sp³-hybridized carbons (Fsp3) is 1.00. The van der Waals surface area contributed by atoms with Crippen LogP contribution in [0.2, 0.25) is 5.79 Å². The molecule has 6 heteroatoms. The predicted molar refractivity (Wildman–Crippen MR) is 5.86 cm³/mol. The van der Waals surface area contributed by atoms with Crippen LogP contribution in [0.5, 0.6) is 0 Å². The summed E-state index contributed by atoms with van der Waals surface area (Å²) in [6.45, 7) is 0. The maximum Gasteiger partial charge on any atom is 0 e. The van der Waals surface area contributed by atoms with E-state index in [0.717, 1.165) is 0 Å². The Morgan fingerprint density at radius 2 is 1.29 bits per heavy atom. The molecular weight excluding hydrogens is 410 g/mol. The van der Waals surface area contributed by atoms with Crippen LogP contribution in [0.3, 0.4) is 0 Å². The predicted octanol–water partition coefficient (Wildman–Crippen LogP) is 0.569. The normalized spacial score (nSPS) is 1.14. The molecule has 0 N–H and O–H groups in total. The first-order valence-electron chi connectivity index (χ1n) is 0.612. The summed E-state index contributed by atoms with van der Waals surface area (Å²) in [5, 5.41) is 0. The molecule has 0 rings (SSSR count). The summed E-state index contributed by atoms with van der Waals surface area (Å²) in [5.41, 5.74) is 0. The first-order valence-corrected chi connectivity index (χ1v) is 6.66. The van der Waals surface area contributed by atoms with E-state index in [9.17, 15) is 0 Å². The molecule has 0 bridgehead atoms. The first kappa shape index (κ1) is 30.9. The van der Waals surface area contributed by atoms with Crippen molar-refractivity contribution in [1.29, 1.82) is 0 Å². The molecule has 0 fully saturated rings. The third kappa shape index (κ3) is 41.6. The monoisotopic (exact) mass is 415 g/mol. The molecule has 43 valence electrons. The molecule has 0 saturated carbocycles. The molecule has 0 unspecified atom stereocenters. The van der Waals surface area contributed by atoms with Crippen molar-refractivity contribution in [3.05, 3.63) is 0 Å². The van der Waals surface area contributed by atoms with Gasteiger partial charge in [-0.05, 0) is 0 Å². The van der Waals surface area contributed by atoms with Crippen molar-refractivity contribution in [3.63, 3.8) is 0 Å². The van der Waals surface area contributed by atoms with Gasteiger partial charge in [0, 0.05) is 57.4 Å². The standard InChI is InChI=1S/CH3.Cr.Mo.Nb.Ni.Ti.V/h1H3;;;;;;. The Balaban J connectivity index is -0.00000000267. The summed E-state index contributed by atoms with van der Waals surface area (Å²) >= 11 is 6.58.